The van der Waals surface area contributed by atoms with Gasteiger partial charge in [0, 0.05) is 30.3 Å². The number of ketones is 1. The minimum Gasteiger partial charge on any atom is -0.315 e. The predicted molar refractivity (Wildman–Crippen MR) is 145 cm³/mol. The van der Waals surface area contributed by atoms with E-state index < -0.39 is 0 Å². The van der Waals surface area contributed by atoms with Gasteiger partial charge in [-0.2, -0.15) is 0 Å². The quantitative estimate of drug-likeness (QED) is 0.449. The van der Waals surface area contributed by atoms with E-state index in [0.717, 1.165) is 43.2 Å². The molecule has 1 fully saturated rings. The zero-order chi connectivity index (χ0) is 25.9. The van der Waals surface area contributed by atoms with Crippen LogP contribution in [0.5, 0.6) is 0 Å². The lowest BCUT2D eigenvalue weighted by atomic mass is 9.82. The maximum absolute atomic E-state index is 13.9. The number of fused-ring (bicyclic) bond motifs is 1. The Kier molecular flexibility index (Phi) is 7.26. The zero-order valence-corrected chi connectivity index (χ0v) is 21.7. The normalized spacial score (nSPS) is 19.7. The van der Waals surface area contributed by atoms with Crippen molar-refractivity contribution in [1.29, 1.82) is 0 Å². The number of hydrogen-bond acceptors (Lipinski definition) is 4. The van der Waals surface area contributed by atoms with Crippen molar-refractivity contribution < 1.29 is 9.59 Å². The van der Waals surface area contributed by atoms with Gasteiger partial charge in [-0.15, -0.1) is 0 Å². The standard InChI is InChI=1S/C31H35N3O3/c1-22(35)13-14-24-15-17-27(18-16-24)32-21-34(33-20-19-28(36)23(2)29(33)31(32)37)30(25-9-5-3-6-10-25)26-11-7-4-8-12-26/h3-12,19-20,24,27,30H,13-18,21H2,1-2H3. The lowest BCUT2D eigenvalue weighted by Gasteiger charge is -2.47. The fourth-order valence-corrected chi connectivity index (χ4v) is 5.97. The molecule has 0 bridgehead atoms. The highest BCUT2D eigenvalue weighted by molar-refractivity contribution is 5.95. The lowest BCUT2D eigenvalue weighted by Crippen LogP contribution is -2.59. The van der Waals surface area contributed by atoms with E-state index in [1.807, 2.05) is 46.0 Å². The van der Waals surface area contributed by atoms with Crippen molar-refractivity contribution in [2.45, 2.75) is 64.5 Å². The Bertz CT molecular complexity index is 1270. The summed E-state index contributed by atoms with van der Waals surface area (Å²) in [7, 11) is 0. The molecule has 0 N–H and O–H groups in total. The smallest absolute Gasteiger partial charge is 0.274 e. The summed E-state index contributed by atoms with van der Waals surface area (Å²) in [5.41, 5.74) is 3.06. The lowest BCUT2D eigenvalue weighted by molar-refractivity contribution is -0.117. The van der Waals surface area contributed by atoms with Crippen LogP contribution in [0.3, 0.4) is 0 Å². The Labute approximate surface area is 218 Å². The molecule has 1 amide bonds. The van der Waals surface area contributed by atoms with Crippen LogP contribution < -0.4 is 10.4 Å². The van der Waals surface area contributed by atoms with E-state index >= 15 is 0 Å². The van der Waals surface area contributed by atoms with Crippen molar-refractivity contribution >= 4 is 11.7 Å². The van der Waals surface area contributed by atoms with Crippen molar-refractivity contribution in [3.8, 4) is 0 Å². The highest BCUT2D eigenvalue weighted by atomic mass is 16.2. The highest BCUT2D eigenvalue weighted by Gasteiger charge is 2.39. The summed E-state index contributed by atoms with van der Waals surface area (Å²) in [6.45, 7) is 3.85. The Balaban J connectivity index is 1.53. The van der Waals surface area contributed by atoms with Gasteiger partial charge >= 0.3 is 0 Å². The van der Waals surface area contributed by atoms with Crippen molar-refractivity contribution in [3.63, 3.8) is 0 Å². The van der Waals surface area contributed by atoms with Gasteiger partial charge < -0.3 is 9.69 Å². The molecule has 0 radical (unpaired) electrons. The number of pyridine rings is 1. The van der Waals surface area contributed by atoms with Gasteiger partial charge in [0.15, 0.2) is 5.43 Å². The number of nitrogens with zero attached hydrogens (tertiary/aromatic N) is 3. The van der Waals surface area contributed by atoms with Crippen LogP contribution in [0.1, 0.15) is 78.7 Å². The molecule has 6 nitrogen and oxygen atoms in total. The summed E-state index contributed by atoms with van der Waals surface area (Å²) in [4.78, 5) is 40.1. The molecule has 0 unspecified atom stereocenters. The second kappa shape index (κ2) is 10.8. The number of carbonyl (C=O) groups is 2. The molecule has 3 aromatic rings. The molecule has 37 heavy (non-hydrogen) atoms. The predicted octanol–water partition coefficient (Wildman–Crippen LogP) is 5.23. The number of amides is 1. The topological polar surface area (TPSA) is 62.6 Å². The zero-order valence-electron chi connectivity index (χ0n) is 21.7. The second-order valence-corrected chi connectivity index (χ2v) is 10.5. The summed E-state index contributed by atoms with van der Waals surface area (Å²) in [5.74, 6) is 0.710. The maximum atomic E-state index is 13.9. The molecule has 1 aromatic heterocycles. The van der Waals surface area contributed by atoms with Crippen LogP contribution in [0.4, 0.5) is 0 Å². The average Bonchev–Trinajstić information content (AvgIpc) is 2.92. The minimum absolute atomic E-state index is 0.0708. The first-order valence-electron chi connectivity index (χ1n) is 13.3. The van der Waals surface area contributed by atoms with E-state index in [9.17, 15) is 14.4 Å². The minimum atomic E-state index is -0.134. The molecule has 0 saturated heterocycles. The largest absolute Gasteiger partial charge is 0.315 e. The molecule has 2 aliphatic rings. The van der Waals surface area contributed by atoms with Crippen molar-refractivity contribution in [3.05, 3.63) is 106 Å². The van der Waals surface area contributed by atoms with Crippen molar-refractivity contribution in [2.75, 3.05) is 11.7 Å². The summed E-state index contributed by atoms with van der Waals surface area (Å²) in [5, 5.41) is 2.22. The van der Waals surface area contributed by atoms with Gasteiger partial charge in [-0.1, -0.05) is 60.7 Å². The monoisotopic (exact) mass is 497 g/mol. The number of rotatable bonds is 7. The number of Topliss-reactive ketones (excluding diaryl/α,β-unsaturated/α-hetero) is 1. The van der Waals surface area contributed by atoms with E-state index in [-0.39, 0.29) is 29.2 Å². The Hall–Kier alpha value is -3.67. The summed E-state index contributed by atoms with van der Waals surface area (Å²) >= 11 is 0. The van der Waals surface area contributed by atoms with Crippen molar-refractivity contribution in [1.82, 2.24) is 9.58 Å². The molecule has 5 rings (SSSR count). The molecule has 2 aromatic carbocycles. The van der Waals surface area contributed by atoms with E-state index in [1.54, 1.807) is 26.1 Å². The molecule has 6 heteroatoms. The van der Waals surface area contributed by atoms with Crippen LogP contribution in [-0.4, -0.2) is 34.0 Å². The molecule has 1 aliphatic heterocycles. The maximum Gasteiger partial charge on any atom is 0.274 e. The third-order valence-corrected chi connectivity index (χ3v) is 8.05. The van der Waals surface area contributed by atoms with Gasteiger partial charge in [-0.05, 0) is 63.0 Å². The number of aromatic nitrogens is 1. The van der Waals surface area contributed by atoms with Crippen LogP contribution in [0.2, 0.25) is 0 Å². The first-order chi connectivity index (χ1) is 17.9. The van der Waals surface area contributed by atoms with Crippen LogP contribution >= 0.6 is 0 Å². The first-order valence-corrected chi connectivity index (χ1v) is 13.3. The Morgan fingerprint density at radius 1 is 0.892 bits per heavy atom. The molecule has 1 saturated carbocycles. The fourth-order valence-electron chi connectivity index (χ4n) is 5.97. The van der Waals surface area contributed by atoms with Gasteiger partial charge in [0.2, 0.25) is 0 Å². The molecule has 2 heterocycles. The average molecular weight is 498 g/mol. The third kappa shape index (κ3) is 5.10. The van der Waals surface area contributed by atoms with Gasteiger partial charge in [-0.25, -0.2) is 0 Å². The third-order valence-electron chi connectivity index (χ3n) is 8.05. The second-order valence-electron chi connectivity index (χ2n) is 10.5. The molecule has 1 aliphatic carbocycles. The molecule has 192 valence electrons. The number of carbonyl (C=O) groups excluding carboxylic acids is 2. The Morgan fingerprint density at radius 3 is 2.05 bits per heavy atom. The van der Waals surface area contributed by atoms with E-state index in [0.29, 0.717) is 30.3 Å². The van der Waals surface area contributed by atoms with E-state index in [2.05, 4.69) is 29.3 Å². The van der Waals surface area contributed by atoms with Crippen LogP contribution in [0.15, 0.2) is 77.7 Å². The summed E-state index contributed by atoms with van der Waals surface area (Å²) < 4.78 is 1.90. The van der Waals surface area contributed by atoms with Gasteiger partial charge in [0.1, 0.15) is 18.1 Å². The fraction of sp³-hybridized carbons (Fsp3) is 0.387. The summed E-state index contributed by atoms with van der Waals surface area (Å²) in [6.07, 6.45) is 7.18. The van der Waals surface area contributed by atoms with E-state index in [4.69, 9.17) is 0 Å². The van der Waals surface area contributed by atoms with Gasteiger partial charge in [0.25, 0.3) is 5.91 Å². The van der Waals surface area contributed by atoms with E-state index in [1.165, 1.54) is 0 Å². The summed E-state index contributed by atoms with van der Waals surface area (Å²) in [6, 6.07) is 22.2. The molecule has 0 atom stereocenters. The number of hydrogen-bond donors (Lipinski definition) is 0. The SMILES string of the molecule is CC(=O)CCC1CCC(N2CN(C(c3ccccc3)c3ccccc3)n3ccc(=O)c(C)c3C2=O)CC1. The molecular formula is C31H35N3O3. The Morgan fingerprint density at radius 2 is 1.49 bits per heavy atom. The van der Waals surface area contributed by atoms with Crippen LogP contribution in [0.25, 0.3) is 0 Å². The van der Waals surface area contributed by atoms with Crippen LogP contribution in [-0.2, 0) is 4.79 Å². The molecule has 0 spiro atoms. The van der Waals surface area contributed by atoms with Crippen molar-refractivity contribution in [2.24, 2.45) is 5.92 Å². The van der Waals surface area contributed by atoms with Crippen LogP contribution in [0, 0.1) is 12.8 Å². The van der Waals surface area contributed by atoms with Gasteiger partial charge in [0.05, 0.1) is 6.04 Å². The first kappa shape index (κ1) is 25.0. The van der Waals surface area contributed by atoms with Gasteiger partial charge in [-0.3, -0.25) is 19.3 Å². The highest BCUT2D eigenvalue weighted by Crippen LogP contribution is 2.35. The number of benzene rings is 2. The molecular weight excluding hydrogens is 462 g/mol.